The minimum Gasteiger partial charge on any atom is -0.463 e. The third-order valence-electron chi connectivity index (χ3n) is 2.47. The van der Waals surface area contributed by atoms with Crippen LogP contribution in [0.5, 0.6) is 5.75 Å². The Morgan fingerprint density at radius 2 is 1.94 bits per heavy atom. The molecule has 2 N–H and O–H groups in total. The molecular formula is C12H11F3N2O. The minimum atomic E-state index is -4.65. The van der Waals surface area contributed by atoms with Crippen molar-refractivity contribution in [1.29, 1.82) is 0 Å². The lowest BCUT2D eigenvalue weighted by Crippen LogP contribution is -2.55. The van der Waals surface area contributed by atoms with Gasteiger partial charge in [0.05, 0.1) is 5.52 Å². The predicted molar refractivity (Wildman–Crippen MR) is 61.0 cm³/mol. The summed E-state index contributed by atoms with van der Waals surface area (Å²) in [6, 6.07) is 8.03. The van der Waals surface area contributed by atoms with Gasteiger partial charge in [0.15, 0.2) is 0 Å². The Morgan fingerprint density at radius 1 is 1.22 bits per heavy atom. The summed E-state index contributed by atoms with van der Waals surface area (Å²) < 4.78 is 42.5. The number of nitrogens with two attached hydrogens (primary N) is 1. The SMILES string of the molecule is CC(N)(Oc1ccc2cccnc2c1)C(F)(F)F. The van der Waals surface area contributed by atoms with Crippen LogP contribution in [0.2, 0.25) is 0 Å². The first-order valence-corrected chi connectivity index (χ1v) is 5.19. The van der Waals surface area contributed by atoms with Crippen molar-refractivity contribution in [3.63, 3.8) is 0 Å². The number of fused-ring (bicyclic) bond motifs is 1. The Morgan fingerprint density at radius 3 is 2.61 bits per heavy atom. The molecule has 1 atom stereocenters. The summed E-state index contributed by atoms with van der Waals surface area (Å²) in [7, 11) is 0. The van der Waals surface area contributed by atoms with Gasteiger partial charge < -0.3 is 4.74 Å². The highest BCUT2D eigenvalue weighted by atomic mass is 19.4. The lowest BCUT2D eigenvalue weighted by Gasteiger charge is -2.28. The van der Waals surface area contributed by atoms with E-state index in [2.05, 4.69) is 4.98 Å². The van der Waals surface area contributed by atoms with Crippen molar-refractivity contribution in [2.24, 2.45) is 5.73 Å². The summed E-state index contributed by atoms with van der Waals surface area (Å²) in [5.41, 5.74) is 2.92. The Kier molecular flexibility index (Phi) is 2.90. The van der Waals surface area contributed by atoms with Crippen LogP contribution in [0, 0.1) is 0 Å². The molecule has 0 saturated carbocycles. The first kappa shape index (κ1) is 12.6. The molecule has 96 valence electrons. The Hall–Kier alpha value is -1.82. The van der Waals surface area contributed by atoms with Crippen molar-refractivity contribution >= 4 is 10.9 Å². The van der Waals surface area contributed by atoms with Crippen LogP contribution in [-0.2, 0) is 0 Å². The van der Waals surface area contributed by atoms with Gasteiger partial charge >= 0.3 is 6.18 Å². The van der Waals surface area contributed by atoms with Crippen LogP contribution in [0.3, 0.4) is 0 Å². The zero-order chi connectivity index (χ0) is 13.4. The molecule has 0 aliphatic carbocycles. The second-order valence-corrected chi connectivity index (χ2v) is 4.06. The average Bonchev–Trinajstić information content (AvgIpc) is 2.27. The van der Waals surface area contributed by atoms with Crippen molar-refractivity contribution in [1.82, 2.24) is 4.98 Å². The number of aromatic nitrogens is 1. The van der Waals surface area contributed by atoms with E-state index in [-0.39, 0.29) is 5.75 Å². The van der Waals surface area contributed by atoms with E-state index in [1.807, 2.05) is 0 Å². The van der Waals surface area contributed by atoms with Crippen molar-refractivity contribution in [3.8, 4) is 5.75 Å². The summed E-state index contributed by atoms with van der Waals surface area (Å²) >= 11 is 0. The fourth-order valence-corrected chi connectivity index (χ4v) is 1.41. The van der Waals surface area contributed by atoms with Gasteiger partial charge in [-0.15, -0.1) is 0 Å². The molecule has 1 aromatic heterocycles. The van der Waals surface area contributed by atoms with Crippen LogP contribution < -0.4 is 10.5 Å². The van der Waals surface area contributed by atoms with Crippen molar-refractivity contribution in [3.05, 3.63) is 36.5 Å². The highest BCUT2D eigenvalue weighted by Gasteiger charge is 2.50. The van der Waals surface area contributed by atoms with Gasteiger partial charge in [-0.1, -0.05) is 6.07 Å². The van der Waals surface area contributed by atoms with E-state index in [9.17, 15) is 13.2 Å². The molecule has 0 saturated heterocycles. The van der Waals surface area contributed by atoms with Crippen molar-refractivity contribution in [2.75, 3.05) is 0 Å². The normalized spacial score (nSPS) is 15.4. The molecule has 0 radical (unpaired) electrons. The first-order valence-electron chi connectivity index (χ1n) is 5.19. The first-order chi connectivity index (χ1) is 8.29. The van der Waals surface area contributed by atoms with Crippen LogP contribution in [-0.4, -0.2) is 16.9 Å². The maximum atomic E-state index is 12.6. The molecule has 0 aliphatic heterocycles. The number of nitrogens with zero attached hydrogens (tertiary/aromatic N) is 1. The summed E-state index contributed by atoms with van der Waals surface area (Å²) in [6.07, 6.45) is -3.09. The molecule has 0 fully saturated rings. The quantitative estimate of drug-likeness (QED) is 0.840. The lowest BCUT2D eigenvalue weighted by molar-refractivity contribution is -0.239. The molecule has 3 nitrogen and oxygen atoms in total. The molecule has 2 aromatic rings. The van der Waals surface area contributed by atoms with E-state index >= 15 is 0 Å². The number of benzene rings is 1. The maximum absolute atomic E-state index is 12.6. The van der Waals surface area contributed by atoms with E-state index in [0.29, 0.717) is 5.52 Å². The summed E-state index contributed by atoms with van der Waals surface area (Å²) in [4.78, 5) is 4.03. The van der Waals surface area contributed by atoms with Gasteiger partial charge in [-0.25, -0.2) is 0 Å². The molecule has 0 amide bonds. The topological polar surface area (TPSA) is 48.1 Å². The van der Waals surface area contributed by atoms with E-state index in [0.717, 1.165) is 12.3 Å². The summed E-state index contributed by atoms with van der Waals surface area (Å²) in [5, 5.41) is 0.815. The third-order valence-corrected chi connectivity index (χ3v) is 2.47. The molecule has 18 heavy (non-hydrogen) atoms. The highest BCUT2D eigenvalue weighted by Crippen LogP contribution is 2.31. The summed E-state index contributed by atoms with van der Waals surface area (Å²) in [6.45, 7) is 0.773. The molecular weight excluding hydrogens is 245 g/mol. The molecule has 0 aliphatic rings. The maximum Gasteiger partial charge on any atom is 0.442 e. The van der Waals surface area contributed by atoms with E-state index in [1.165, 1.54) is 12.1 Å². The van der Waals surface area contributed by atoms with Crippen LogP contribution in [0.1, 0.15) is 6.92 Å². The van der Waals surface area contributed by atoms with Gasteiger partial charge in [0.25, 0.3) is 5.72 Å². The minimum absolute atomic E-state index is 0.0310. The van der Waals surface area contributed by atoms with E-state index < -0.39 is 11.9 Å². The zero-order valence-electron chi connectivity index (χ0n) is 9.53. The molecule has 0 spiro atoms. The molecule has 1 heterocycles. The van der Waals surface area contributed by atoms with Crippen LogP contribution in [0.4, 0.5) is 13.2 Å². The van der Waals surface area contributed by atoms with Crippen LogP contribution >= 0.6 is 0 Å². The smallest absolute Gasteiger partial charge is 0.442 e. The lowest BCUT2D eigenvalue weighted by atomic mass is 10.2. The number of hydrogen-bond donors (Lipinski definition) is 1. The fourth-order valence-electron chi connectivity index (χ4n) is 1.41. The standard InChI is InChI=1S/C12H11F3N2O/c1-11(16,12(13,14)15)18-9-5-4-8-3-2-6-17-10(8)7-9/h2-7H,16H2,1H3. The monoisotopic (exact) mass is 256 g/mol. The highest BCUT2D eigenvalue weighted by molar-refractivity contribution is 5.79. The van der Waals surface area contributed by atoms with Gasteiger partial charge in [-0.05, 0) is 25.1 Å². The molecule has 2 rings (SSSR count). The van der Waals surface area contributed by atoms with Gasteiger partial charge in [0, 0.05) is 17.6 Å². The van der Waals surface area contributed by atoms with Gasteiger partial charge in [0.2, 0.25) is 0 Å². The number of pyridine rings is 1. The summed E-state index contributed by atoms with van der Waals surface area (Å²) in [5.74, 6) is 0.0310. The van der Waals surface area contributed by atoms with Crippen molar-refractivity contribution in [2.45, 2.75) is 18.8 Å². The molecule has 1 aromatic carbocycles. The van der Waals surface area contributed by atoms with Gasteiger partial charge in [-0.3, -0.25) is 10.7 Å². The third kappa shape index (κ3) is 2.38. The molecule has 1 unspecified atom stereocenters. The zero-order valence-corrected chi connectivity index (χ0v) is 9.53. The second kappa shape index (κ2) is 4.13. The largest absolute Gasteiger partial charge is 0.463 e. The van der Waals surface area contributed by atoms with E-state index in [1.54, 1.807) is 24.4 Å². The second-order valence-electron chi connectivity index (χ2n) is 4.06. The van der Waals surface area contributed by atoms with Gasteiger partial charge in [-0.2, -0.15) is 13.2 Å². The fraction of sp³-hybridized carbons (Fsp3) is 0.250. The number of hydrogen-bond acceptors (Lipinski definition) is 3. The number of alkyl halides is 3. The number of rotatable bonds is 2. The van der Waals surface area contributed by atoms with E-state index in [4.69, 9.17) is 10.5 Å². The van der Waals surface area contributed by atoms with Gasteiger partial charge in [0.1, 0.15) is 5.75 Å². The Bertz CT molecular complexity index is 566. The van der Waals surface area contributed by atoms with Crippen LogP contribution in [0.25, 0.3) is 10.9 Å². The Balaban J connectivity index is 2.33. The van der Waals surface area contributed by atoms with Crippen LogP contribution in [0.15, 0.2) is 36.5 Å². The average molecular weight is 256 g/mol. The predicted octanol–water partition coefficient (Wildman–Crippen LogP) is 2.85. The number of ether oxygens (including phenoxy) is 1. The molecule has 6 heteroatoms. The Labute approximate surface area is 101 Å². The van der Waals surface area contributed by atoms with Crippen molar-refractivity contribution < 1.29 is 17.9 Å². The molecule has 0 bridgehead atoms. The number of halogens is 3.